The van der Waals surface area contributed by atoms with Gasteiger partial charge >= 0.3 is 6.03 Å². The molecule has 0 saturated carbocycles. The molecule has 0 unspecified atom stereocenters. The number of likely N-dealkylation sites (N-methyl/N-ethyl adjacent to an activating group) is 1. The molecule has 3 rings (SSSR count). The van der Waals surface area contributed by atoms with Gasteiger partial charge in [0.05, 0.1) is 0 Å². The standard InChI is InChI=1S/C18H19N3O2/c1-12-9-15(10-16-17(22)20(3)18(23)19-16)13(2)21(12)11-14-7-5-4-6-8-14/h4-10H,11H2,1-3H3,(H,19,23). The molecule has 0 aliphatic carbocycles. The molecule has 0 radical (unpaired) electrons. The maximum Gasteiger partial charge on any atom is 0.328 e. The van der Waals surface area contributed by atoms with Crippen molar-refractivity contribution in [2.45, 2.75) is 20.4 Å². The van der Waals surface area contributed by atoms with E-state index in [2.05, 4.69) is 22.0 Å². The summed E-state index contributed by atoms with van der Waals surface area (Å²) in [5, 5.41) is 2.60. The Morgan fingerprint density at radius 1 is 1.13 bits per heavy atom. The van der Waals surface area contributed by atoms with Crippen molar-refractivity contribution in [2.24, 2.45) is 0 Å². The molecule has 0 atom stereocenters. The summed E-state index contributed by atoms with van der Waals surface area (Å²) >= 11 is 0. The molecule has 0 spiro atoms. The van der Waals surface area contributed by atoms with E-state index in [1.54, 1.807) is 6.08 Å². The van der Waals surface area contributed by atoms with Gasteiger partial charge in [-0.25, -0.2) is 4.79 Å². The summed E-state index contributed by atoms with van der Waals surface area (Å²) in [4.78, 5) is 24.6. The first-order valence-electron chi connectivity index (χ1n) is 7.49. The van der Waals surface area contributed by atoms with Crippen molar-refractivity contribution in [1.82, 2.24) is 14.8 Å². The van der Waals surface area contributed by atoms with E-state index in [9.17, 15) is 9.59 Å². The van der Waals surface area contributed by atoms with Crippen LogP contribution in [0.5, 0.6) is 0 Å². The highest BCUT2D eigenvalue weighted by Crippen LogP contribution is 2.21. The fourth-order valence-corrected chi connectivity index (χ4v) is 2.76. The quantitative estimate of drug-likeness (QED) is 0.700. The average Bonchev–Trinajstić information content (AvgIpc) is 2.94. The van der Waals surface area contributed by atoms with E-state index in [1.165, 1.54) is 12.6 Å². The first-order chi connectivity index (χ1) is 11.0. The molecule has 23 heavy (non-hydrogen) atoms. The van der Waals surface area contributed by atoms with Crippen molar-refractivity contribution in [3.8, 4) is 0 Å². The van der Waals surface area contributed by atoms with E-state index in [0.29, 0.717) is 5.70 Å². The Morgan fingerprint density at radius 2 is 1.83 bits per heavy atom. The summed E-state index contributed by atoms with van der Waals surface area (Å²) in [6, 6.07) is 11.9. The summed E-state index contributed by atoms with van der Waals surface area (Å²) in [7, 11) is 1.47. The number of aromatic nitrogens is 1. The molecule has 3 amide bonds. The Labute approximate surface area is 135 Å². The first-order valence-corrected chi connectivity index (χ1v) is 7.49. The third-order valence-electron chi connectivity index (χ3n) is 4.18. The van der Waals surface area contributed by atoms with Gasteiger partial charge in [-0.3, -0.25) is 9.69 Å². The van der Waals surface area contributed by atoms with E-state index in [1.807, 2.05) is 38.1 Å². The molecule has 1 N–H and O–H groups in total. The number of nitrogens with one attached hydrogen (secondary N) is 1. The maximum absolute atomic E-state index is 12.0. The normalized spacial score (nSPS) is 16.3. The van der Waals surface area contributed by atoms with E-state index >= 15 is 0 Å². The lowest BCUT2D eigenvalue weighted by molar-refractivity contribution is -0.121. The Kier molecular flexibility index (Phi) is 3.78. The van der Waals surface area contributed by atoms with E-state index < -0.39 is 0 Å². The second kappa shape index (κ2) is 5.76. The van der Waals surface area contributed by atoms with Crippen LogP contribution in [-0.4, -0.2) is 28.5 Å². The third-order valence-corrected chi connectivity index (χ3v) is 4.18. The van der Waals surface area contributed by atoms with Gasteiger partial charge in [0, 0.05) is 25.0 Å². The monoisotopic (exact) mass is 309 g/mol. The molecule has 1 aromatic heterocycles. The predicted octanol–water partition coefficient (Wildman–Crippen LogP) is 2.68. The molecular weight excluding hydrogens is 290 g/mol. The molecule has 5 heteroatoms. The molecule has 118 valence electrons. The zero-order valence-electron chi connectivity index (χ0n) is 13.5. The van der Waals surface area contributed by atoms with Gasteiger partial charge in [-0.2, -0.15) is 0 Å². The summed E-state index contributed by atoms with van der Waals surface area (Å²) < 4.78 is 2.20. The summed E-state index contributed by atoms with van der Waals surface area (Å²) in [5.74, 6) is -0.303. The van der Waals surface area contributed by atoms with Gasteiger partial charge in [0.15, 0.2) is 0 Å². The number of urea groups is 1. The number of carbonyl (C=O) groups is 2. The molecule has 2 aromatic rings. The number of aryl methyl sites for hydroxylation is 1. The molecule has 1 aromatic carbocycles. The Morgan fingerprint density at radius 3 is 2.43 bits per heavy atom. The van der Waals surface area contributed by atoms with Gasteiger partial charge in [0.25, 0.3) is 5.91 Å². The average molecular weight is 309 g/mol. The van der Waals surface area contributed by atoms with Crippen LogP contribution < -0.4 is 5.32 Å². The van der Waals surface area contributed by atoms with Crippen LogP contribution in [0.15, 0.2) is 42.1 Å². The lowest BCUT2D eigenvalue weighted by Gasteiger charge is -2.09. The summed E-state index contributed by atoms with van der Waals surface area (Å²) in [6.45, 7) is 4.84. The number of benzene rings is 1. The van der Waals surface area contributed by atoms with Crippen molar-refractivity contribution >= 4 is 18.0 Å². The lowest BCUT2D eigenvalue weighted by Crippen LogP contribution is -2.25. The summed E-state index contributed by atoms with van der Waals surface area (Å²) in [6.07, 6.45) is 1.74. The number of amides is 3. The second-order valence-corrected chi connectivity index (χ2v) is 5.75. The van der Waals surface area contributed by atoms with Crippen LogP contribution in [-0.2, 0) is 11.3 Å². The molecule has 1 fully saturated rings. The number of hydrogen-bond donors (Lipinski definition) is 1. The lowest BCUT2D eigenvalue weighted by atomic mass is 10.2. The fourth-order valence-electron chi connectivity index (χ4n) is 2.76. The van der Waals surface area contributed by atoms with Crippen LogP contribution in [0, 0.1) is 13.8 Å². The van der Waals surface area contributed by atoms with Gasteiger partial charge < -0.3 is 9.88 Å². The number of carbonyl (C=O) groups excluding carboxylic acids is 2. The van der Waals surface area contributed by atoms with E-state index in [0.717, 1.165) is 28.4 Å². The van der Waals surface area contributed by atoms with Gasteiger partial charge in [-0.05, 0) is 37.1 Å². The third kappa shape index (κ3) is 2.77. The highest BCUT2D eigenvalue weighted by Gasteiger charge is 2.30. The van der Waals surface area contributed by atoms with Crippen LogP contribution in [0.4, 0.5) is 4.79 Å². The van der Waals surface area contributed by atoms with Crippen LogP contribution in [0.2, 0.25) is 0 Å². The van der Waals surface area contributed by atoms with Crippen LogP contribution in [0.25, 0.3) is 6.08 Å². The van der Waals surface area contributed by atoms with Gasteiger partial charge in [0.1, 0.15) is 5.70 Å². The Balaban J connectivity index is 1.93. The fraction of sp³-hybridized carbons (Fsp3) is 0.222. The van der Waals surface area contributed by atoms with Crippen LogP contribution in [0.3, 0.4) is 0 Å². The SMILES string of the molecule is Cc1cc(C=C2NC(=O)N(C)C2=O)c(C)n1Cc1ccccc1. The van der Waals surface area contributed by atoms with Gasteiger partial charge in [-0.15, -0.1) is 0 Å². The van der Waals surface area contributed by atoms with Crippen molar-refractivity contribution < 1.29 is 9.59 Å². The Bertz CT molecular complexity index is 803. The van der Waals surface area contributed by atoms with Crippen molar-refractivity contribution in [3.05, 3.63) is 64.6 Å². The molecular formula is C18H19N3O2. The smallest absolute Gasteiger partial charge is 0.328 e. The minimum atomic E-state index is -0.389. The molecule has 1 aliphatic rings. The van der Waals surface area contributed by atoms with E-state index in [4.69, 9.17) is 0 Å². The largest absolute Gasteiger partial charge is 0.344 e. The number of nitrogens with zero attached hydrogens (tertiary/aromatic N) is 2. The minimum Gasteiger partial charge on any atom is -0.344 e. The molecule has 1 aliphatic heterocycles. The number of imide groups is 1. The van der Waals surface area contributed by atoms with Gasteiger partial charge in [0.2, 0.25) is 0 Å². The second-order valence-electron chi connectivity index (χ2n) is 5.75. The zero-order valence-corrected chi connectivity index (χ0v) is 13.5. The molecule has 2 heterocycles. The Hall–Kier alpha value is -2.82. The topological polar surface area (TPSA) is 54.3 Å². The predicted molar refractivity (Wildman–Crippen MR) is 88.7 cm³/mol. The van der Waals surface area contributed by atoms with Crippen molar-refractivity contribution in [1.29, 1.82) is 0 Å². The van der Waals surface area contributed by atoms with Crippen LogP contribution in [0.1, 0.15) is 22.5 Å². The van der Waals surface area contributed by atoms with Crippen LogP contribution >= 0.6 is 0 Å². The van der Waals surface area contributed by atoms with Crippen molar-refractivity contribution in [2.75, 3.05) is 7.05 Å². The maximum atomic E-state index is 12.0. The summed E-state index contributed by atoms with van der Waals surface area (Å²) in [5.41, 5.74) is 4.66. The highest BCUT2D eigenvalue weighted by atomic mass is 16.2. The van der Waals surface area contributed by atoms with Crippen molar-refractivity contribution in [3.63, 3.8) is 0 Å². The number of rotatable bonds is 3. The zero-order chi connectivity index (χ0) is 16.6. The molecule has 5 nitrogen and oxygen atoms in total. The first kappa shape index (κ1) is 15.1. The molecule has 1 saturated heterocycles. The highest BCUT2D eigenvalue weighted by molar-refractivity contribution is 6.13. The minimum absolute atomic E-state index is 0.303. The van der Waals surface area contributed by atoms with E-state index in [-0.39, 0.29) is 11.9 Å². The molecule has 0 bridgehead atoms. The van der Waals surface area contributed by atoms with Gasteiger partial charge in [-0.1, -0.05) is 30.3 Å². The number of hydrogen-bond acceptors (Lipinski definition) is 2.